The quantitative estimate of drug-likeness (QED) is 0.645. The normalized spacial score (nSPS) is 5.88. The van der Waals surface area contributed by atoms with Crippen LogP contribution >= 0.6 is 0 Å². The molecule has 0 aromatic heterocycles. The maximum atomic E-state index is 8.77. The Morgan fingerprint density at radius 3 is 1.76 bits per heavy atom. The molecule has 1 aromatic rings. The van der Waals surface area contributed by atoms with Gasteiger partial charge in [0.25, 0.3) is 0 Å². The number of ether oxygens (including phenoxy) is 1. The molecule has 0 aliphatic carbocycles. The number of benzene rings is 1. The van der Waals surface area contributed by atoms with Crippen molar-refractivity contribution in [3.05, 3.63) is 49.8 Å². The minimum Gasteiger partial charge on any atom is 0 e. The van der Waals surface area contributed by atoms with Crippen LogP contribution in [0.3, 0.4) is 0 Å². The largest absolute Gasteiger partial charge is 0 e. The number of aliphatic hydroxyl groups excluding tert-OH is 1. The van der Waals surface area contributed by atoms with Crippen molar-refractivity contribution in [2.24, 2.45) is 0 Å². The topological polar surface area (TPSA) is 89.2 Å². The van der Waals surface area contributed by atoms with E-state index in [0.29, 0.717) is 0 Å². The summed E-state index contributed by atoms with van der Waals surface area (Å²) in [4.78, 5) is 0. The van der Waals surface area contributed by atoms with Crippen LogP contribution in [0.5, 0.6) is 5.75 Å². The van der Waals surface area contributed by atoms with Gasteiger partial charge in [-0.05, 0) is 6.07 Å². The molecule has 17 heavy (non-hydrogen) atoms. The minimum atomic E-state index is 0. The summed E-state index contributed by atoms with van der Waals surface area (Å²) in [5.41, 5.74) is 0.824. The van der Waals surface area contributed by atoms with E-state index in [4.69, 9.17) is 23.8 Å². The fraction of sp³-hybridized carbons (Fsp3) is 0.182. The van der Waals surface area contributed by atoms with E-state index in [2.05, 4.69) is 20.0 Å². The van der Waals surface area contributed by atoms with Crippen molar-refractivity contribution in [2.45, 2.75) is 6.61 Å². The van der Waals surface area contributed by atoms with Gasteiger partial charge in [0.1, 0.15) is 5.75 Å². The van der Waals surface area contributed by atoms with Gasteiger partial charge >= 0.3 is 33.9 Å². The number of aliphatic hydroxyl groups is 1. The van der Waals surface area contributed by atoms with E-state index < -0.39 is 0 Å². The second-order valence-electron chi connectivity index (χ2n) is 1.97. The predicted octanol–water partition coefficient (Wildman–Crippen LogP) is 1.07. The number of methoxy groups -OCH3 is 1. The fourth-order valence-electron chi connectivity index (χ4n) is 0.834. The average Bonchev–Trinajstić information content (AvgIpc) is 2.45. The molecule has 1 rings (SSSR count). The Morgan fingerprint density at radius 1 is 1.06 bits per heavy atom. The Kier molecular flexibility index (Phi) is 35.2. The zero-order chi connectivity index (χ0) is 13.4. The Hall–Kier alpha value is -1.27. The van der Waals surface area contributed by atoms with Crippen LogP contribution in [-0.2, 0) is 37.9 Å². The third kappa shape index (κ3) is 12.7. The average molecular weight is 274 g/mol. The molecule has 0 unspecified atom stereocenters. The Morgan fingerprint density at radius 2 is 1.47 bits per heavy atom. The van der Waals surface area contributed by atoms with Crippen LogP contribution in [0.1, 0.15) is 5.56 Å². The van der Waals surface area contributed by atoms with E-state index >= 15 is 0 Å². The van der Waals surface area contributed by atoms with Crippen molar-refractivity contribution >= 4 is 0 Å². The Balaban J connectivity index is -0.000000106. The second-order valence-corrected chi connectivity index (χ2v) is 1.97. The molecule has 1 aromatic carbocycles. The van der Waals surface area contributed by atoms with E-state index in [-0.39, 0.29) is 24.0 Å². The van der Waals surface area contributed by atoms with Gasteiger partial charge in [-0.25, -0.2) is 0 Å². The molecule has 5 nitrogen and oxygen atoms in total. The molecule has 0 saturated heterocycles. The van der Waals surface area contributed by atoms with Crippen LogP contribution in [-0.4, -0.2) is 12.2 Å². The van der Waals surface area contributed by atoms with Crippen molar-refractivity contribution in [3.8, 4) is 5.75 Å². The molecule has 0 amide bonds. The molecule has 90 valence electrons. The Labute approximate surface area is 111 Å². The predicted molar refractivity (Wildman–Crippen MR) is 50.7 cm³/mol. The molecule has 0 saturated carbocycles. The SMILES string of the molecule is COc1ccccc1CO.[C-]#[O+].[C-]#[O+].[C-]#[O+].[Cr]. The van der Waals surface area contributed by atoms with Crippen LogP contribution in [0.25, 0.3) is 0 Å². The van der Waals surface area contributed by atoms with E-state index in [0.717, 1.165) is 11.3 Å². The van der Waals surface area contributed by atoms with Crippen molar-refractivity contribution in [1.82, 2.24) is 0 Å². The summed E-state index contributed by atoms with van der Waals surface area (Å²) in [7, 11) is 1.59. The number of hydrogen-bond donors (Lipinski definition) is 1. The van der Waals surface area contributed by atoms with E-state index in [1.807, 2.05) is 24.3 Å². The molecule has 0 heterocycles. The molecule has 1 N–H and O–H groups in total. The van der Waals surface area contributed by atoms with Crippen molar-refractivity contribution in [3.63, 3.8) is 0 Å². The van der Waals surface area contributed by atoms with Gasteiger partial charge in [-0.15, -0.1) is 0 Å². The third-order valence-electron chi connectivity index (χ3n) is 1.36. The molecule has 0 fully saturated rings. The Bertz CT molecular complexity index is 282. The van der Waals surface area contributed by atoms with Gasteiger partial charge in [-0.1, -0.05) is 18.2 Å². The third-order valence-corrected chi connectivity index (χ3v) is 1.36. The first-order valence-electron chi connectivity index (χ1n) is 3.72. The molecule has 0 spiro atoms. The van der Waals surface area contributed by atoms with Crippen molar-refractivity contribution < 1.29 is 41.2 Å². The van der Waals surface area contributed by atoms with Gasteiger partial charge in [0.2, 0.25) is 0 Å². The van der Waals surface area contributed by atoms with Gasteiger partial charge in [0.05, 0.1) is 13.7 Å². The molecule has 0 radical (unpaired) electrons. The smallest absolute Gasteiger partial charge is 0 e. The van der Waals surface area contributed by atoms with Gasteiger partial charge in [-0.3, -0.25) is 0 Å². The van der Waals surface area contributed by atoms with Gasteiger partial charge < -0.3 is 9.84 Å². The first-order chi connectivity index (χ1) is 7.88. The molecule has 0 bridgehead atoms. The maximum absolute atomic E-state index is 8.77. The second kappa shape index (κ2) is 24.1. The standard InChI is InChI=1S/C8H10O2.3CO.Cr/c1-10-8-5-3-2-4-7(8)6-9;3*1-2;/h2-5,9H,6H2,1H3;;;;. The number of para-hydroxylation sites is 1. The van der Waals surface area contributed by atoms with Crippen LogP contribution < -0.4 is 4.74 Å². The van der Waals surface area contributed by atoms with Gasteiger partial charge in [0.15, 0.2) is 0 Å². The molecular formula is C11H10CrO5. The van der Waals surface area contributed by atoms with Crippen molar-refractivity contribution in [1.29, 1.82) is 0 Å². The summed E-state index contributed by atoms with van der Waals surface area (Å²) in [6.45, 7) is 13.5. The van der Waals surface area contributed by atoms with Crippen molar-refractivity contribution in [2.75, 3.05) is 7.11 Å². The van der Waals surface area contributed by atoms with Crippen LogP contribution in [0.4, 0.5) is 0 Å². The summed E-state index contributed by atoms with van der Waals surface area (Å²) in [5.74, 6) is 0.741. The van der Waals surface area contributed by atoms with Crippen LogP contribution in [0, 0.1) is 20.0 Å². The van der Waals surface area contributed by atoms with E-state index in [1.54, 1.807) is 7.11 Å². The van der Waals surface area contributed by atoms with Crippen LogP contribution in [0.15, 0.2) is 24.3 Å². The van der Waals surface area contributed by atoms with Crippen LogP contribution in [0.2, 0.25) is 0 Å². The first kappa shape index (κ1) is 24.8. The van der Waals surface area contributed by atoms with E-state index in [9.17, 15) is 0 Å². The molecule has 0 aliphatic heterocycles. The molecule has 0 atom stereocenters. The molecular weight excluding hydrogens is 264 g/mol. The van der Waals surface area contributed by atoms with Gasteiger partial charge in [0, 0.05) is 22.9 Å². The maximum Gasteiger partial charge on any atom is 0 e. The minimum absolute atomic E-state index is 0. The zero-order valence-electron chi connectivity index (χ0n) is 9.00. The molecule has 0 aliphatic rings. The van der Waals surface area contributed by atoms with Gasteiger partial charge in [-0.2, -0.15) is 0 Å². The summed E-state index contributed by atoms with van der Waals surface area (Å²) in [6.07, 6.45) is 0. The fourth-order valence-corrected chi connectivity index (χ4v) is 0.834. The van der Waals surface area contributed by atoms with E-state index in [1.165, 1.54) is 0 Å². The summed E-state index contributed by atoms with van der Waals surface area (Å²) >= 11 is 0. The molecule has 6 heteroatoms. The number of hydrogen-bond acceptors (Lipinski definition) is 2. The first-order valence-corrected chi connectivity index (χ1v) is 3.72. The summed E-state index contributed by atoms with van der Waals surface area (Å²) < 4.78 is 27.5. The zero-order valence-corrected chi connectivity index (χ0v) is 10.3. The number of rotatable bonds is 2. The monoisotopic (exact) mass is 274 g/mol. The summed E-state index contributed by atoms with van der Waals surface area (Å²) in [6, 6.07) is 7.40. The summed E-state index contributed by atoms with van der Waals surface area (Å²) in [5, 5.41) is 8.77.